The number of nitrogens with zero attached hydrogens (tertiary/aromatic N) is 4. The predicted molar refractivity (Wildman–Crippen MR) is 279 cm³/mol. The lowest BCUT2D eigenvalue weighted by atomic mass is 10.00. The van der Waals surface area contributed by atoms with Gasteiger partial charge >= 0.3 is 0 Å². The molecule has 5 heteroatoms. The average Bonchev–Trinajstić information content (AvgIpc) is 3.97. The molecular weight excluding hydrogens is 829 g/mol. The Hall–Kier alpha value is -9.19. The fourth-order valence-corrected chi connectivity index (χ4v) is 9.73. The molecular formula is C63H40N4O. The molecule has 68 heavy (non-hydrogen) atoms. The Kier molecular flexibility index (Phi) is 9.43. The second-order valence-electron chi connectivity index (χ2n) is 17.2. The lowest BCUT2D eigenvalue weighted by Gasteiger charge is -2.12. The molecule has 0 spiro atoms. The molecule has 10 aromatic carbocycles. The second kappa shape index (κ2) is 16.4. The number of aromatic nitrogens is 4. The Balaban J connectivity index is 0.956. The molecule has 13 rings (SSSR count). The maximum atomic E-state index is 6.82. The SMILES string of the molecule is c1ccc(-c2ccc(-c3cccc(-n4c5ccccc5c5ccc6oc7cc(-c8nc(-c9cccc(-c%10ccccc%10)c9)nc(-c9cccc(-c%10ccccc%10)c9)n8)ccc7c6c54)c3)cc2)cc1. The van der Waals surface area contributed by atoms with Crippen molar-refractivity contribution in [3.63, 3.8) is 0 Å². The van der Waals surface area contributed by atoms with Gasteiger partial charge in [-0.1, -0.05) is 188 Å². The molecule has 3 aromatic heterocycles. The molecule has 0 bridgehead atoms. The summed E-state index contributed by atoms with van der Waals surface area (Å²) < 4.78 is 9.22. The first-order valence-corrected chi connectivity index (χ1v) is 22.9. The van der Waals surface area contributed by atoms with E-state index in [0.717, 1.165) is 88.7 Å². The molecule has 0 saturated heterocycles. The number of rotatable bonds is 8. The molecule has 13 aromatic rings. The highest BCUT2D eigenvalue weighted by Gasteiger charge is 2.21. The van der Waals surface area contributed by atoms with Crippen molar-refractivity contribution in [2.24, 2.45) is 0 Å². The van der Waals surface area contributed by atoms with Crippen LogP contribution in [0.5, 0.6) is 0 Å². The van der Waals surface area contributed by atoms with Crippen molar-refractivity contribution in [1.29, 1.82) is 0 Å². The Morgan fingerprint density at radius 2 is 0.706 bits per heavy atom. The third-order valence-corrected chi connectivity index (χ3v) is 13.0. The molecule has 0 saturated carbocycles. The minimum Gasteiger partial charge on any atom is -0.456 e. The van der Waals surface area contributed by atoms with Gasteiger partial charge in [0.15, 0.2) is 17.5 Å². The van der Waals surface area contributed by atoms with Gasteiger partial charge in [-0.25, -0.2) is 15.0 Å². The van der Waals surface area contributed by atoms with Crippen molar-refractivity contribution < 1.29 is 4.42 Å². The maximum Gasteiger partial charge on any atom is 0.164 e. The fourth-order valence-electron chi connectivity index (χ4n) is 9.73. The van der Waals surface area contributed by atoms with E-state index in [1.807, 2.05) is 12.1 Å². The molecule has 5 nitrogen and oxygen atoms in total. The molecule has 0 aliphatic rings. The molecule has 318 valence electrons. The quantitative estimate of drug-likeness (QED) is 0.153. The van der Waals surface area contributed by atoms with Crippen LogP contribution in [0.2, 0.25) is 0 Å². The highest BCUT2D eigenvalue weighted by Crippen LogP contribution is 2.42. The Bertz CT molecular complexity index is 3900. The van der Waals surface area contributed by atoms with Gasteiger partial charge in [-0.15, -0.1) is 0 Å². The third kappa shape index (κ3) is 6.93. The summed E-state index contributed by atoms with van der Waals surface area (Å²) in [6.45, 7) is 0. The number of para-hydroxylation sites is 1. The van der Waals surface area contributed by atoms with Crippen molar-refractivity contribution in [1.82, 2.24) is 19.5 Å². The lowest BCUT2D eigenvalue weighted by Crippen LogP contribution is -2.00. The third-order valence-electron chi connectivity index (χ3n) is 13.0. The zero-order valence-corrected chi connectivity index (χ0v) is 36.8. The zero-order chi connectivity index (χ0) is 45.0. The average molecular weight is 869 g/mol. The summed E-state index contributed by atoms with van der Waals surface area (Å²) >= 11 is 0. The van der Waals surface area contributed by atoms with Crippen LogP contribution < -0.4 is 0 Å². The summed E-state index contributed by atoms with van der Waals surface area (Å²) in [5.74, 6) is 1.76. The highest BCUT2D eigenvalue weighted by molar-refractivity contribution is 6.24. The largest absolute Gasteiger partial charge is 0.456 e. The first-order chi connectivity index (χ1) is 33.7. The van der Waals surface area contributed by atoms with Crippen LogP contribution in [0.1, 0.15) is 0 Å². The van der Waals surface area contributed by atoms with Gasteiger partial charge in [0.25, 0.3) is 0 Å². The van der Waals surface area contributed by atoms with Crippen LogP contribution in [0.15, 0.2) is 247 Å². The minimum atomic E-state index is 0.565. The van der Waals surface area contributed by atoms with Crippen LogP contribution in [-0.2, 0) is 0 Å². The fraction of sp³-hybridized carbons (Fsp3) is 0. The highest BCUT2D eigenvalue weighted by atomic mass is 16.3. The Morgan fingerprint density at radius 1 is 0.279 bits per heavy atom. The number of hydrogen-bond acceptors (Lipinski definition) is 4. The van der Waals surface area contributed by atoms with E-state index < -0.39 is 0 Å². The minimum absolute atomic E-state index is 0.565. The summed E-state index contributed by atoms with van der Waals surface area (Å²) in [4.78, 5) is 15.5. The number of benzene rings is 10. The predicted octanol–water partition coefficient (Wildman–Crippen LogP) is 16.5. The van der Waals surface area contributed by atoms with Crippen LogP contribution >= 0.6 is 0 Å². The maximum absolute atomic E-state index is 6.82. The molecule has 0 radical (unpaired) electrons. The molecule has 0 atom stereocenters. The van der Waals surface area contributed by atoms with Gasteiger partial charge < -0.3 is 8.98 Å². The Morgan fingerprint density at radius 3 is 1.31 bits per heavy atom. The number of furan rings is 1. The second-order valence-corrected chi connectivity index (χ2v) is 17.2. The van der Waals surface area contributed by atoms with E-state index in [1.165, 1.54) is 21.9 Å². The van der Waals surface area contributed by atoms with Gasteiger partial charge in [0.05, 0.1) is 16.4 Å². The van der Waals surface area contributed by atoms with Gasteiger partial charge in [0.2, 0.25) is 0 Å². The topological polar surface area (TPSA) is 56.7 Å². The first-order valence-electron chi connectivity index (χ1n) is 22.9. The van der Waals surface area contributed by atoms with Crippen molar-refractivity contribution in [3.05, 3.63) is 243 Å². The van der Waals surface area contributed by atoms with Crippen molar-refractivity contribution in [2.75, 3.05) is 0 Å². The molecule has 3 heterocycles. The zero-order valence-electron chi connectivity index (χ0n) is 36.8. The number of fused-ring (bicyclic) bond motifs is 7. The molecule has 0 aliphatic heterocycles. The summed E-state index contributed by atoms with van der Waals surface area (Å²) in [7, 11) is 0. The van der Waals surface area contributed by atoms with Crippen molar-refractivity contribution in [3.8, 4) is 84.4 Å². The van der Waals surface area contributed by atoms with Gasteiger partial charge in [-0.2, -0.15) is 0 Å². The van der Waals surface area contributed by atoms with E-state index in [9.17, 15) is 0 Å². The van der Waals surface area contributed by atoms with E-state index in [-0.39, 0.29) is 0 Å². The summed E-state index contributed by atoms with van der Waals surface area (Å²) in [5, 5.41) is 4.43. The van der Waals surface area contributed by atoms with Gasteiger partial charge in [-0.05, 0) is 99.1 Å². The van der Waals surface area contributed by atoms with E-state index in [2.05, 4.69) is 235 Å². The molecule has 0 unspecified atom stereocenters. The van der Waals surface area contributed by atoms with Crippen LogP contribution in [0.3, 0.4) is 0 Å². The number of hydrogen-bond donors (Lipinski definition) is 0. The first kappa shape index (κ1) is 39.2. The normalized spacial score (nSPS) is 11.5. The summed E-state index contributed by atoms with van der Waals surface area (Å²) in [5.41, 5.74) is 16.7. The monoisotopic (exact) mass is 868 g/mol. The van der Waals surface area contributed by atoms with Crippen molar-refractivity contribution >= 4 is 43.7 Å². The Labute approximate surface area is 392 Å². The summed E-state index contributed by atoms with van der Waals surface area (Å²) in [6, 6.07) is 85.2. The van der Waals surface area contributed by atoms with E-state index in [4.69, 9.17) is 19.4 Å². The molecule has 0 aliphatic carbocycles. The summed E-state index contributed by atoms with van der Waals surface area (Å²) in [6.07, 6.45) is 0. The van der Waals surface area contributed by atoms with E-state index in [0.29, 0.717) is 17.5 Å². The standard InChI is InChI=1S/C63H40N4O/c1-4-15-41(16-5-1)44-29-31-45(32-30-44)48-23-14-26-52(39-48)67-56-28-11-10-27-53(56)54-35-36-57-59(60(54)67)55-34-33-51(40-58(55)68-57)63-65-61(49-24-12-21-46(37-49)42-17-6-2-7-18-42)64-62(66-63)50-25-13-22-47(38-50)43-19-8-3-9-20-43/h1-40H. The van der Waals surface area contributed by atoms with E-state index in [1.54, 1.807) is 0 Å². The van der Waals surface area contributed by atoms with E-state index >= 15 is 0 Å². The van der Waals surface area contributed by atoms with Crippen LogP contribution in [-0.4, -0.2) is 19.5 Å². The van der Waals surface area contributed by atoms with Crippen LogP contribution in [0, 0.1) is 0 Å². The molecule has 0 amide bonds. The lowest BCUT2D eigenvalue weighted by molar-refractivity contribution is 0.669. The van der Waals surface area contributed by atoms with Crippen LogP contribution in [0.25, 0.3) is 128 Å². The smallest absolute Gasteiger partial charge is 0.164 e. The molecule has 0 fully saturated rings. The molecule has 0 N–H and O–H groups in total. The van der Waals surface area contributed by atoms with Crippen LogP contribution in [0.4, 0.5) is 0 Å². The van der Waals surface area contributed by atoms with Crippen molar-refractivity contribution in [2.45, 2.75) is 0 Å². The van der Waals surface area contributed by atoms with Gasteiger partial charge in [-0.3, -0.25) is 0 Å². The van der Waals surface area contributed by atoms with Gasteiger partial charge in [0, 0.05) is 38.5 Å². The van der Waals surface area contributed by atoms with Gasteiger partial charge in [0.1, 0.15) is 11.2 Å².